The molecule has 3 heteroatoms. The van der Waals surface area contributed by atoms with Gasteiger partial charge in [-0.1, -0.05) is 20.8 Å². The lowest BCUT2D eigenvalue weighted by Crippen LogP contribution is -2.33. The average Bonchev–Trinajstić information content (AvgIpc) is 1.98. The largest absolute Gasteiger partial charge is 0.459 e. The molecule has 0 saturated heterocycles. The van der Waals surface area contributed by atoms with Crippen molar-refractivity contribution in [2.24, 2.45) is 17.6 Å². The fourth-order valence-electron chi connectivity index (χ4n) is 2.05. The molecule has 0 bridgehead atoms. The third-order valence-electron chi connectivity index (χ3n) is 2.40. The Bertz CT molecular complexity index is 222. The molecule has 0 aliphatic rings. The summed E-state index contributed by atoms with van der Waals surface area (Å²) >= 11 is 0. The van der Waals surface area contributed by atoms with Gasteiger partial charge in [-0.25, -0.2) is 0 Å². The maximum atomic E-state index is 11.8. The fraction of sp³-hybridized carbons (Fsp3) is 0.923. The molecule has 0 saturated carbocycles. The van der Waals surface area contributed by atoms with E-state index in [1.165, 1.54) is 0 Å². The van der Waals surface area contributed by atoms with Crippen molar-refractivity contribution < 1.29 is 9.53 Å². The summed E-state index contributed by atoms with van der Waals surface area (Å²) in [4.78, 5) is 11.8. The SMILES string of the molecule is CC(C)CC(C)(C)OC(=O)C(C)CC(C)N. The van der Waals surface area contributed by atoms with Crippen molar-refractivity contribution in [2.45, 2.75) is 66.0 Å². The van der Waals surface area contributed by atoms with E-state index in [4.69, 9.17) is 10.5 Å². The molecule has 0 aliphatic heterocycles. The highest BCUT2D eigenvalue weighted by atomic mass is 16.6. The normalized spacial score (nSPS) is 16.0. The summed E-state index contributed by atoms with van der Waals surface area (Å²) in [5.41, 5.74) is 5.29. The first-order chi connectivity index (χ1) is 7.14. The van der Waals surface area contributed by atoms with E-state index in [1.807, 2.05) is 27.7 Å². The van der Waals surface area contributed by atoms with Crippen LogP contribution in [0.25, 0.3) is 0 Å². The van der Waals surface area contributed by atoms with Crippen molar-refractivity contribution in [1.82, 2.24) is 0 Å². The lowest BCUT2D eigenvalue weighted by molar-refractivity contribution is -0.162. The molecule has 16 heavy (non-hydrogen) atoms. The summed E-state index contributed by atoms with van der Waals surface area (Å²) in [5.74, 6) is 0.265. The second-order valence-corrected chi connectivity index (χ2v) is 5.89. The predicted octanol–water partition coefficient (Wildman–Crippen LogP) is 2.73. The second kappa shape index (κ2) is 6.24. The maximum absolute atomic E-state index is 11.8. The fourth-order valence-corrected chi connectivity index (χ4v) is 2.05. The highest BCUT2D eigenvalue weighted by Crippen LogP contribution is 2.22. The number of rotatable bonds is 6. The Labute approximate surface area is 99.7 Å². The molecule has 3 nitrogen and oxygen atoms in total. The summed E-state index contributed by atoms with van der Waals surface area (Å²) in [6, 6.07) is 0.0377. The van der Waals surface area contributed by atoms with Crippen LogP contribution in [0.3, 0.4) is 0 Å². The van der Waals surface area contributed by atoms with Crippen molar-refractivity contribution in [3.05, 3.63) is 0 Å². The number of esters is 1. The van der Waals surface area contributed by atoms with E-state index in [9.17, 15) is 4.79 Å². The van der Waals surface area contributed by atoms with E-state index in [1.54, 1.807) is 0 Å². The minimum atomic E-state index is -0.378. The zero-order valence-electron chi connectivity index (χ0n) is 11.5. The van der Waals surface area contributed by atoms with Crippen molar-refractivity contribution in [3.8, 4) is 0 Å². The van der Waals surface area contributed by atoms with E-state index >= 15 is 0 Å². The predicted molar refractivity (Wildman–Crippen MR) is 67.1 cm³/mol. The minimum absolute atomic E-state index is 0.0377. The van der Waals surface area contributed by atoms with Gasteiger partial charge in [0.05, 0.1) is 5.92 Å². The van der Waals surface area contributed by atoms with E-state index < -0.39 is 0 Å². The second-order valence-electron chi connectivity index (χ2n) is 5.89. The highest BCUT2D eigenvalue weighted by Gasteiger charge is 2.27. The van der Waals surface area contributed by atoms with Gasteiger partial charge in [0, 0.05) is 6.04 Å². The Balaban J connectivity index is 4.21. The summed E-state index contributed by atoms with van der Waals surface area (Å²) in [7, 11) is 0. The molecule has 0 rings (SSSR count). The van der Waals surface area contributed by atoms with Gasteiger partial charge in [-0.2, -0.15) is 0 Å². The smallest absolute Gasteiger partial charge is 0.309 e. The van der Waals surface area contributed by atoms with Gasteiger partial charge in [0.25, 0.3) is 0 Å². The number of ether oxygens (including phenoxy) is 1. The van der Waals surface area contributed by atoms with Crippen molar-refractivity contribution in [2.75, 3.05) is 0 Å². The molecular formula is C13H27NO2. The summed E-state index contributed by atoms with van der Waals surface area (Å²) in [6.07, 6.45) is 1.56. The van der Waals surface area contributed by atoms with Crippen LogP contribution in [0.4, 0.5) is 0 Å². The zero-order valence-corrected chi connectivity index (χ0v) is 11.5. The molecule has 0 aliphatic carbocycles. The first-order valence-electron chi connectivity index (χ1n) is 6.12. The Morgan fingerprint density at radius 3 is 2.12 bits per heavy atom. The third-order valence-corrected chi connectivity index (χ3v) is 2.40. The molecule has 0 radical (unpaired) electrons. The summed E-state index contributed by atoms with van der Waals surface area (Å²) in [6.45, 7) is 12.0. The number of hydrogen-bond donors (Lipinski definition) is 1. The van der Waals surface area contributed by atoms with E-state index in [-0.39, 0.29) is 23.5 Å². The third kappa shape index (κ3) is 6.83. The quantitative estimate of drug-likeness (QED) is 0.712. The number of carbonyl (C=O) groups excluding carboxylic acids is 1. The van der Waals surface area contributed by atoms with Gasteiger partial charge in [-0.3, -0.25) is 4.79 Å². The van der Waals surface area contributed by atoms with Crippen LogP contribution in [0.5, 0.6) is 0 Å². The molecule has 96 valence electrons. The molecule has 2 N–H and O–H groups in total. The molecule has 0 spiro atoms. The van der Waals surface area contributed by atoms with Crippen LogP contribution < -0.4 is 5.73 Å². The highest BCUT2D eigenvalue weighted by molar-refractivity contribution is 5.72. The van der Waals surface area contributed by atoms with Crippen LogP contribution in [-0.2, 0) is 9.53 Å². The van der Waals surface area contributed by atoms with E-state index in [2.05, 4.69) is 13.8 Å². The topological polar surface area (TPSA) is 52.3 Å². The van der Waals surface area contributed by atoms with Crippen molar-refractivity contribution in [1.29, 1.82) is 0 Å². The van der Waals surface area contributed by atoms with Crippen LogP contribution in [0.1, 0.15) is 54.4 Å². The number of hydrogen-bond acceptors (Lipinski definition) is 3. The molecule has 2 atom stereocenters. The van der Waals surface area contributed by atoms with Crippen molar-refractivity contribution in [3.63, 3.8) is 0 Å². The van der Waals surface area contributed by atoms with E-state index in [0.29, 0.717) is 12.3 Å². The van der Waals surface area contributed by atoms with Crippen LogP contribution in [0, 0.1) is 11.8 Å². The van der Waals surface area contributed by atoms with Crippen molar-refractivity contribution >= 4 is 5.97 Å². The molecule has 0 aromatic carbocycles. The standard InChI is InChI=1S/C13H27NO2/c1-9(2)8-13(5,6)16-12(15)10(3)7-11(4)14/h9-11H,7-8,14H2,1-6H3. The molecule has 0 fully saturated rings. The average molecular weight is 229 g/mol. The van der Waals surface area contributed by atoms with Gasteiger partial charge in [0.1, 0.15) is 5.60 Å². The van der Waals surface area contributed by atoms with Crippen LogP contribution in [0.15, 0.2) is 0 Å². The molecule has 0 amide bonds. The molecule has 0 aromatic rings. The van der Waals surface area contributed by atoms with Gasteiger partial charge in [-0.15, -0.1) is 0 Å². The lowest BCUT2D eigenvalue weighted by atomic mass is 9.95. The van der Waals surface area contributed by atoms with Gasteiger partial charge in [0.15, 0.2) is 0 Å². The van der Waals surface area contributed by atoms with Crippen LogP contribution in [-0.4, -0.2) is 17.6 Å². The minimum Gasteiger partial charge on any atom is -0.459 e. The molecule has 0 heterocycles. The van der Waals surface area contributed by atoms with Gasteiger partial charge in [0.2, 0.25) is 0 Å². The Kier molecular flexibility index (Phi) is 6.01. The van der Waals surface area contributed by atoms with Gasteiger partial charge in [-0.05, 0) is 39.5 Å². The lowest BCUT2D eigenvalue weighted by Gasteiger charge is -2.28. The zero-order chi connectivity index (χ0) is 12.9. The Hall–Kier alpha value is -0.570. The summed E-state index contributed by atoms with van der Waals surface area (Å²) in [5, 5.41) is 0. The molecular weight excluding hydrogens is 202 g/mol. The van der Waals surface area contributed by atoms with Crippen LogP contribution >= 0.6 is 0 Å². The summed E-state index contributed by atoms with van der Waals surface area (Å²) < 4.78 is 5.52. The van der Waals surface area contributed by atoms with Gasteiger partial charge < -0.3 is 10.5 Å². The Morgan fingerprint density at radius 1 is 1.25 bits per heavy atom. The first kappa shape index (κ1) is 15.4. The Morgan fingerprint density at radius 2 is 1.75 bits per heavy atom. The molecule has 0 aromatic heterocycles. The monoisotopic (exact) mass is 229 g/mol. The van der Waals surface area contributed by atoms with Crippen LogP contribution in [0.2, 0.25) is 0 Å². The van der Waals surface area contributed by atoms with E-state index in [0.717, 1.165) is 6.42 Å². The first-order valence-corrected chi connectivity index (χ1v) is 6.12. The number of carbonyl (C=O) groups is 1. The number of nitrogens with two attached hydrogens (primary N) is 1. The van der Waals surface area contributed by atoms with Gasteiger partial charge >= 0.3 is 5.97 Å². The molecule has 2 unspecified atom stereocenters. The maximum Gasteiger partial charge on any atom is 0.309 e.